The van der Waals surface area contributed by atoms with Crippen molar-refractivity contribution in [3.05, 3.63) is 125 Å². The minimum atomic E-state index is -0.745. The highest BCUT2D eigenvalue weighted by atomic mass is 16.6. The van der Waals surface area contributed by atoms with Gasteiger partial charge in [-0.1, -0.05) is 54.6 Å². The van der Waals surface area contributed by atoms with Gasteiger partial charge in [0.1, 0.15) is 22.8 Å². The lowest BCUT2D eigenvalue weighted by atomic mass is 10.1. The molecule has 0 atom stereocenters. The van der Waals surface area contributed by atoms with Gasteiger partial charge in [0.25, 0.3) is 0 Å². The molecule has 0 fully saturated rings. The zero-order valence-electron chi connectivity index (χ0n) is 19.2. The normalized spacial score (nSPS) is 10.2. The summed E-state index contributed by atoms with van der Waals surface area (Å²) in [6.07, 6.45) is 0. The number of Topliss-reactive ketones (excluding diaryl/α,β-unsaturated/α-hetero) is 1. The fraction of sp³-hybridized carbons (Fsp3) is 0.0345. The predicted molar refractivity (Wildman–Crippen MR) is 131 cm³/mol. The van der Waals surface area contributed by atoms with E-state index < -0.39 is 23.7 Å². The van der Waals surface area contributed by atoms with Crippen LogP contribution in [0.1, 0.15) is 48.4 Å². The maximum atomic E-state index is 12.7. The van der Waals surface area contributed by atoms with Crippen LogP contribution in [0.5, 0.6) is 17.2 Å². The Morgan fingerprint density at radius 3 is 1.17 bits per heavy atom. The zero-order chi connectivity index (χ0) is 25.5. The Balaban J connectivity index is 1.75. The van der Waals surface area contributed by atoms with Crippen LogP contribution in [0.15, 0.2) is 103 Å². The molecule has 4 rings (SSSR count). The maximum Gasteiger partial charge on any atom is 0.343 e. The predicted octanol–water partition coefficient (Wildman–Crippen LogP) is 5.55. The van der Waals surface area contributed by atoms with Crippen LogP contribution in [0.3, 0.4) is 0 Å². The molecule has 0 aliphatic rings. The molecule has 36 heavy (non-hydrogen) atoms. The Labute approximate surface area is 206 Å². The monoisotopic (exact) mass is 480 g/mol. The van der Waals surface area contributed by atoms with E-state index in [0.717, 1.165) is 0 Å². The van der Waals surface area contributed by atoms with Crippen molar-refractivity contribution in [1.82, 2.24) is 0 Å². The molecule has 0 aliphatic heterocycles. The van der Waals surface area contributed by atoms with Crippen LogP contribution in [-0.4, -0.2) is 23.7 Å². The van der Waals surface area contributed by atoms with Gasteiger partial charge in [-0.3, -0.25) is 4.79 Å². The Hall–Kier alpha value is -5.04. The first kappa shape index (κ1) is 24.1. The fourth-order valence-electron chi connectivity index (χ4n) is 3.34. The van der Waals surface area contributed by atoms with Crippen molar-refractivity contribution in [3.8, 4) is 17.2 Å². The van der Waals surface area contributed by atoms with Crippen LogP contribution in [-0.2, 0) is 0 Å². The quantitative estimate of drug-likeness (QED) is 0.194. The van der Waals surface area contributed by atoms with Crippen molar-refractivity contribution >= 4 is 23.7 Å². The van der Waals surface area contributed by atoms with Crippen LogP contribution in [0, 0.1) is 0 Å². The summed E-state index contributed by atoms with van der Waals surface area (Å²) in [6.45, 7) is 1.24. The number of benzene rings is 4. The molecular formula is C29H20O7. The van der Waals surface area contributed by atoms with E-state index in [0.29, 0.717) is 0 Å². The Kier molecular flexibility index (Phi) is 7.31. The molecule has 4 aromatic rings. The summed E-state index contributed by atoms with van der Waals surface area (Å²) in [7, 11) is 0. The molecular weight excluding hydrogens is 460 g/mol. The second-order valence-corrected chi connectivity index (χ2v) is 7.62. The summed E-state index contributed by atoms with van der Waals surface area (Å²) in [6, 6.07) is 27.0. The third-order valence-corrected chi connectivity index (χ3v) is 5.04. The molecule has 0 spiro atoms. The SMILES string of the molecule is CC(=O)c1c(OC(=O)c2ccccc2)cc(OC(=O)c2ccccc2)cc1OC(=O)c1ccccc1. The van der Waals surface area contributed by atoms with Gasteiger partial charge in [0.05, 0.1) is 16.7 Å². The molecule has 0 aliphatic carbocycles. The Bertz CT molecular complexity index is 1340. The molecule has 7 heteroatoms. The highest BCUT2D eigenvalue weighted by molar-refractivity contribution is 6.03. The van der Waals surface area contributed by atoms with E-state index >= 15 is 0 Å². The molecule has 0 bridgehead atoms. The van der Waals surface area contributed by atoms with E-state index in [-0.39, 0.29) is 39.5 Å². The molecule has 4 aromatic carbocycles. The number of ketones is 1. The van der Waals surface area contributed by atoms with E-state index in [2.05, 4.69) is 0 Å². The molecule has 0 unspecified atom stereocenters. The number of ether oxygens (including phenoxy) is 3. The van der Waals surface area contributed by atoms with Crippen molar-refractivity contribution in [2.45, 2.75) is 6.92 Å². The fourth-order valence-corrected chi connectivity index (χ4v) is 3.34. The van der Waals surface area contributed by atoms with Crippen molar-refractivity contribution in [2.24, 2.45) is 0 Å². The van der Waals surface area contributed by atoms with Gasteiger partial charge in [-0.15, -0.1) is 0 Å². The van der Waals surface area contributed by atoms with E-state index in [1.165, 1.54) is 19.1 Å². The second kappa shape index (κ2) is 10.9. The number of carbonyl (C=O) groups is 4. The first-order chi connectivity index (χ1) is 17.4. The first-order valence-electron chi connectivity index (χ1n) is 10.9. The molecule has 7 nitrogen and oxygen atoms in total. The third-order valence-electron chi connectivity index (χ3n) is 5.04. The summed E-state index contributed by atoms with van der Waals surface area (Å²) in [5, 5.41) is 0. The number of rotatable bonds is 7. The minimum absolute atomic E-state index is 0.0828. The average molecular weight is 480 g/mol. The average Bonchev–Trinajstić information content (AvgIpc) is 2.89. The van der Waals surface area contributed by atoms with Gasteiger partial charge in [-0.2, -0.15) is 0 Å². The number of carbonyl (C=O) groups excluding carboxylic acids is 4. The summed E-state index contributed by atoms with van der Waals surface area (Å²) in [5.74, 6) is -3.22. The van der Waals surface area contributed by atoms with E-state index in [4.69, 9.17) is 14.2 Å². The lowest BCUT2D eigenvalue weighted by Gasteiger charge is -2.15. The second-order valence-electron chi connectivity index (χ2n) is 7.62. The first-order valence-corrected chi connectivity index (χ1v) is 10.9. The summed E-state index contributed by atoms with van der Waals surface area (Å²) in [4.78, 5) is 50.7. The molecule has 0 radical (unpaired) electrons. The van der Waals surface area contributed by atoms with Crippen LogP contribution in [0.2, 0.25) is 0 Å². The van der Waals surface area contributed by atoms with Crippen LogP contribution < -0.4 is 14.2 Å². The molecule has 0 aromatic heterocycles. The number of hydrogen-bond acceptors (Lipinski definition) is 7. The minimum Gasteiger partial charge on any atom is -0.423 e. The summed E-state index contributed by atoms with van der Waals surface area (Å²) in [5.41, 5.74) is 0.602. The highest BCUT2D eigenvalue weighted by Crippen LogP contribution is 2.36. The van der Waals surface area contributed by atoms with Crippen LogP contribution in [0.4, 0.5) is 0 Å². The molecule has 0 heterocycles. The molecule has 0 saturated heterocycles. The smallest absolute Gasteiger partial charge is 0.343 e. The van der Waals surface area contributed by atoms with Crippen LogP contribution in [0.25, 0.3) is 0 Å². The van der Waals surface area contributed by atoms with Crippen molar-refractivity contribution < 1.29 is 33.4 Å². The molecule has 178 valence electrons. The van der Waals surface area contributed by atoms with Gasteiger partial charge in [0.2, 0.25) is 0 Å². The Morgan fingerprint density at radius 2 is 0.833 bits per heavy atom. The molecule has 0 N–H and O–H groups in total. The summed E-state index contributed by atoms with van der Waals surface area (Å²) >= 11 is 0. The van der Waals surface area contributed by atoms with Gasteiger partial charge in [0.15, 0.2) is 5.78 Å². The largest absolute Gasteiger partial charge is 0.423 e. The van der Waals surface area contributed by atoms with Crippen molar-refractivity contribution in [2.75, 3.05) is 0 Å². The van der Waals surface area contributed by atoms with Gasteiger partial charge in [0, 0.05) is 12.1 Å². The standard InChI is InChI=1S/C29H20O7/c1-19(30)26-24(35-28(32)21-13-7-3-8-14-21)17-23(34-27(31)20-11-5-2-6-12-20)18-25(26)36-29(33)22-15-9-4-10-16-22/h2-18H,1H3. The lowest BCUT2D eigenvalue weighted by molar-refractivity contribution is 0.0727. The summed E-state index contributed by atoms with van der Waals surface area (Å²) < 4.78 is 16.5. The van der Waals surface area contributed by atoms with Crippen molar-refractivity contribution in [1.29, 1.82) is 0 Å². The number of esters is 3. The topological polar surface area (TPSA) is 96.0 Å². The van der Waals surface area contributed by atoms with Crippen LogP contribution >= 0.6 is 0 Å². The van der Waals surface area contributed by atoms with E-state index in [1.807, 2.05) is 0 Å². The highest BCUT2D eigenvalue weighted by Gasteiger charge is 2.24. The maximum absolute atomic E-state index is 12.7. The molecule has 0 saturated carbocycles. The van der Waals surface area contributed by atoms with Gasteiger partial charge < -0.3 is 14.2 Å². The van der Waals surface area contributed by atoms with Gasteiger partial charge >= 0.3 is 17.9 Å². The van der Waals surface area contributed by atoms with E-state index in [1.54, 1.807) is 91.0 Å². The van der Waals surface area contributed by atoms with Gasteiger partial charge in [-0.25, -0.2) is 14.4 Å². The molecule has 0 amide bonds. The number of hydrogen-bond donors (Lipinski definition) is 0. The van der Waals surface area contributed by atoms with Crippen molar-refractivity contribution in [3.63, 3.8) is 0 Å². The third kappa shape index (κ3) is 5.71. The Morgan fingerprint density at radius 1 is 0.500 bits per heavy atom. The lowest BCUT2D eigenvalue weighted by Crippen LogP contribution is -2.15. The zero-order valence-corrected chi connectivity index (χ0v) is 19.2. The van der Waals surface area contributed by atoms with E-state index in [9.17, 15) is 19.2 Å². The van der Waals surface area contributed by atoms with Gasteiger partial charge in [-0.05, 0) is 43.3 Å².